The van der Waals surface area contributed by atoms with Crippen molar-refractivity contribution in [3.63, 3.8) is 0 Å². The molecule has 0 saturated carbocycles. The summed E-state index contributed by atoms with van der Waals surface area (Å²) < 4.78 is 0. The lowest BCUT2D eigenvalue weighted by molar-refractivity contribution is 0.0899. The topological polar surface area (TPSA) is 85.4 Å². The molecular formula is C22H25N5O2. The van der Waals surface area contributed by atoms with E-state index in [9.17, 15) is 9.90 Å². The molecule has 5 rings (SSSR count). The third-order valence-electron chi connectivity index (χ3n) is 6.56. The molecule has 2 saturated heterocycles. The first kappa shape index (κ1) is 18.0. The summed E-state index contributed by atoms with van der Waals surface area (Å²) in [6.07, 6.45) is 5.39. The minimum Gasteiger partial charge on any atom is -0.465 e. The van der Waals surface area contributed by atoms with Gasteiger partial charge >= 0.3 is 6.09 Å². The molecular weight excluding hydrogens is 366 g/mol. The number of rotatable bonds is 3. The fourth-order valence-electron chi connectivity index (χ4n) is 5.26. The van der Waals surface area contributed by atoms with Crippen LogP contribution in [-0.2, 0) is 6.42 Å². The Bertz CT molecular complexity index is 1050. The number of aromatic amines is 1. The number of carboxylic acid groups (broad SMARTS) is 1. The number of hydrogen-bond donors (Lipinski definition) is 2. The number of aromatic nitrogens is 3. The van der Waals surface area contributed by atoms with Crippen LogP contribution in [0.1, 0.15) is 24.0 Å². The van der Waals surface area contributed by atoms with Crippen LogP contribution in [0.15, 0.2) is 42.9 Å². The van der Waals surface area contributed by atoms with E-state index < -0.39 is 6.09 Å². The predicted molar refractivity (Wildman–Crippen MR) is 111 cm³/mol. The molecule has 3 unspecified atom stereocenters. The Morgan fingerprint density at radius 1 is 1.28 bits per heavy atom. The summed E-state index contributed by atoms with van der Waals surface area (Å²) in [5.74, 6) is 1.13. The summed E-state index contributed by atoms with van der Waals surface area (Å²) in [5.41, 5.74) is 3.37. The van der Waals surface area contributed by atoms with E-state index in [-0.39, 0.29) is 18.0 Å². The second-order valence-electron chi connectivity index (χ2n) is 8.16. The highest BCUT2D eigenvalue weighted by Gasteiger charge is 2.48. The Kier molecular flexibility index (Phi) is 4.38. The maximum absolute atomic E-state index is 12.1. The Balaban J connectivity index is 1.55. The lowest BCUT2D eigenvalue weighted by atomic mass is 9.86. The first-order chi connectivity index (χ1) is 14.1. The van der Waals surface area contributed by atoms with Crippen LogP contribution in [0.3, 0.4) is 0 Å². The van der Waals surface area contributed by atoms with Crippen LogP contribution in [0.25, 0.3) is 11.0 Å². The maximum atomic E-state index is 12.1. The van der Waals surface area contributed by atoms with Gasteiger partial charge in [-0.25, -0.2) is 14.8 Å². The largest absolute Gasteiger partial charge is 0.465 e. The van der Waals surface area contributed by atoms with Gasteiger partial charge in [0.25, 0.3) is 0 Å². The van der Waals surface area contributed by atoms with Crippen molar-refractivity contribution < 1.29 is 9.90 Å². The van der Waals surface area contributed by atoms with Gasteiger partial charge in [-0.3, -0.25) is 0 Å². The SMILES string of the molecule is Cc1ccccc1CC1CN(c2ncnc3[nH]ccc23)C2CCCN(C(=O)O)C12. The minimum absolute atomic E-state index is 0.0233. The van der Waals surface area contributed by atoms with E-state index in [1.165, 1.54) is 11.1 Å². The van der Waals surface area contributed by atoms with E-state index in [1.54, 1.807) is 11.2 Å². The van der Waals surface area contributed by atoms with Crippen molar-refractivity contribution in [2.75, 3.05) is 18.0 Å². The van der Waals surface area contributed by atoms with E-state index >= 15 is 0 Å². The van der Waals surface area contributed by atoms with Gasteiger partial charge < -0.3 is 19.9 Å². The van der Waals surface area contributed by atoms with Crippen LogP contribution in [0, 0.1) is 12.8 Å². The van der Waals surface area contributed by atoms with Gasteiger partial charge in [0.1, 0.15) is 17.8 Å². The Morgan fingerprint density at radius 3 is 2.97 bits per heavy atom. The summed E-state index contributed by atoms with van der Waals surface area (Å²) >= 11 is 0. The number of fused-ring (bicyclic) bond motifs is 2. The number of H-pyrrole nitrogens is 1. The number of benzene rings is 1. The van der Waals surface area contributed by atoms with Gasteiger partial charge in [-0.2, -0.15) is 0 Å². The van der Waals surface area contributed by atoms with Gasteiger partial charge in [-0.05, 0) is 43.4 Å². The van der Waals surface area contributed by atoms with Crippen LogP contribution in [0.5, 0.6) is 0 Å². The van der Waals surface area contributed by atoms with Crippen molar-refractivity contribution in [3.8, 4) is 0 Å². The molecule has 2 fully saturated rings. The van der Waals surface area contributed by atoms with E-state index in [1.807, 2.05) is 12.3 Å². The summed E-state index contributed by atoms with van der Waals surface area (Å²) in [6.45, 7) is 3.53. The van der Waals surface area contributed by atoms with Crippen molar-refractivity contribution in [2.45, 2.75) is 38.3 Å². The zero-order valence-corrected chi connectivity index (χ0v) is 16.5. The Labute approximate surface area is 169 Å². The molecule has 3 aromatic rings. The standard InChI is InChI=1S/C22H25N5O2/c1-14-5-2-3-6-15(14)11-16-12-27(18-7-4-10-26(19(16)18)22(28)29)21-17-8-9-23-20(17)24-13-25-21/h2-3,5-6,8-9,13,16,18-19H,4,7,10-12H2,1H3,(H,28,29)(H,23,24,25). The number of anilines is 1. The molecule has 1 amide bonds. The monoisotopic (exact) mass is 391 g/mol. The highest BCUT2D eigenvalue weighted by Crippen LogP contribution is 2.40. The second kappa shape index (κ2) is 7.06. The first-order valence-corrected chi connectivity index (χ1v) is 10.2. The molecule has 2 aromatic heterocycles. The third kappa shape index (κ3) is 3.01. The number of hydrogen-bond acceptors (Lipinski definition) is 4. The lowest BCUT2D eigenvalue weighted by Crippen LogP contribution is -2.53. The number of nitrogens with zero attached hydrogens (tertiary/aromatic N) is 4. The summed E-state index contributed by atoms with van der Waals surface area (Å²) in [6, 6.07) is 10.5. The van der Waals surface area contributed by atoms with Crippen molar-refractivity contribution in [3.05, 3.63) is 54.0 Å². The molecule has 7 heteroatoms. The van der Waals surface area contributed by atoms with Crippen LogP contribution in [-0.4, -0.2) is 56.2 Å². The second-order valence-corrected chi connectivity index (χ2v) is 8.16. The van der Waals surface area contributed by atoms with E-state index in [2.05, 4.69) is 51.0 Å². The first-order valence-electron chi connectivity index (χ1n) is 10.2. The molecule has 2 aliphatic rings. The summed E-state index contributed by atoms with van der Waals surface area (Å²) in [4.78, 5) is 28.1. The maximum Gasteiger partial charge on any atom is 0.407 e. The van der Waals surface area contributed by atoms with E-state index in [0.717, 1.165) is 42.7 Å². The van der Waals surface area contributed by atoms with Crippen LogP contribution >= 0.6 is 0 Å². The molecule has 4 heterocycles. The number of carbonyl (C=O) groups is 1. The number of likely N-dealkylation sites (tertiary alicyclic amines) is 1. The summed E-state index contributed by atoms with van der Waals surface area (Å²) in [7, 11) is 0. The highest BCUT2D eigenvalue weighted by atomic mass is 16.4. The van der Waals surface area contributed by atoms with Gasteiger partial charge in [0.05, 0.1) is 17.5 Å². The quantitative estimate of drug-likeness (QED) is 0.714. The number of aryl methyl sites for hydroxylation is 1. The molecule has 1 aromatic carbocycles. The average molecular weight is 391 g/mol. The molecule has 0 aliphatic carbocycles. The number of amides is 1. The molecule has 29 heavy (non-hydrogen) atoms. The Morgan fingerprint density at radius 2 is 2.14 bits per heavy atom. The number of piperidine rings is 1. The zero-order chi connectivity index (χ0) is 20.0. The third-order valence-corrected chi connectivity index (χ3v) is 6.56. The van der Waals surface area contributed by atoms with Crippen molar-refractivity contribution >= 4 is 22.9 Å². The molecule has 7 nitrogen and oxygen atoms in total. The average Bonchev–Trinajstić information content (AvgIpc) is 3.34. The normalized spacial score (nSPS) is 24.1. The highest BCUT2D eigenvalue weighted by molar-refractivity contribution is 5.87. The van der Waals surface area contributed by atoms with Crippen molar-refractivity contribution in [1.29, 1.82) is 0 Å². The fraction of sp³-hybridized carbons (Fsp3) is 0.409. The van der Waals surface area contributed by atoms with Gasteiger partial charge in [-0.1, -0.05) is 24.3 Å². The van der Waals surface area contributed by atoms with Crippen LogP contribution in [0.2, 0.25) is 0 Å². The molecule has 2 aliphatic heterocycles. The van der Waals surface area contributed by atoms with Crippen LogP contribution in [0.4, 0.5) is 10.6 Å². The summed E-state index contributed by atoms with van der Waals surface area (Å²) in [5, 5.41) is 10.9. The molecule has 0 bridgehead atoms. The predicted octanol–water partition coefficient (Wildman–Crippen LogP) is 3.46. The van der Waals surface area contributed by atoms with E-state index in [0.29, 0.717) is 6.54 Å². The fourth-order valence-corrected chi connectivity index (χ4v) is 5.26. The smallest absolute Gasteiger partial charge is 0.407 e. The van der Waals surface area contributed by atoms with Gasteiger partial charge in [0.15, 0.2) is 0 Å². The molecule has 0 radical (unpaired) electrons. The minimum atomic E-state index is -0.814. The van der Waals surface area contributed by atoms with Gasteiger partial charge in [0.2, 0.25) is 0 Å². The molecule has 0 spiro atoms. The van der Waals surface area contributed by atoms with Crippen molar-refractivity contribution in [2.24, 2.45) is 5.92 Å². The molecule has 2 N–H and O–H groups in total. The van der Waals surface area contributed by atoms with Crippen molar-refractivity contribution in [1.82, 2.24) is 19.9 Å². The molecule has 150 valence electrons. The number of nitrogens with one attached hydrogen (secondary N) is 1. The molecule has 3 atom stereocenters. The lowest BCUT2D eigenvalue weighted by Gasteiger charge is -2.40. The van der Waals surface area contributed by atoms with Crippen LogP contribution < -0.4 is 4.90 Å². The van der Waals surface area contributed by atoms with Gasteiger partial charge in [0, 0.05) is 25.2 Å². The van der Waals surface area contributed by atoms with E-state index in [4.69, 9.17) is 0 Å². The zero-order valence-electron chi connectivity index (χ0n) is 16.5. The Hall–Kier alpha value is -3.09. The van der Waals surface area contributed by atoms with Gasteiger partial charge in [-0.15, -0.1) is 0 Å².